The fourth-order valence-electron chi connectivity index (χ4n) is 2.49. The van der Waals surface area contributed by atoms with Gasteiger partial charge in [0.2, 0.25) is 5.91 Å². The molecule has 1 amide bonds. The number of carbonyl (C=O) groups excluding carboxylic acids is 1. The van der Waals surface area contributed by atoms with Crippen LogP contribution in [0.2, 0.25) is 0 Å². The Labute approximate surface area is 114 Å². The van der Waals surface area contributed by atoms with E-state index in [9.17, 15) is 4.79 Å². The van der Waals surface area contributed by atoms with Gasteiger partial charge < -0.3 is 15.1 Å². The Morgan fingerprint density at radius 2 is 2.26 bits per heavy atom. The molecule has 4 nitrogen and oxygen atoms in total. The van der Waals surface area contributed by atoms with Crippen LogP contribution in [0.25, 0.3) is 0 Å². The second kappa shape index (κ2) is 6.24. The van der Waals surface area contributed by atoms with Crippen LogP contribution >= 0.6 is 0 Å². The Morgan fingerprint density at radius 3 is 2.89 bits per heavy atom. The molecule has 0 aliphatic carbocycles. The minimum absolute atomic E-state index is 0.185. The maximum absolute atomic E-state index is 12.3. The van der Waals surface area contributed by atoms with Gasteiger partial charge in [-0.3, -0.25) is 4.79 Å². The summed E-state index contributed by atoms with van der Waals surface area (Å²) in [5.41, 5.74) is -0.204. The molecule has 2 N–H and O–H groups in total. The highest BCUT2D eigenvalue weighted by molar-refractivity contribution is 5.82. The van der Waals surface area contributed by atoms with E-state index in [2.05, 4.69) is 24.5 Å². The lowest BCUT2D eigenvalue weighted by Crippen LogP contribution is -2.48. The number of piperidine rings is 1. The van der Waals surface area contributed by atoms with Crippen molar-refractivity contribution in [3.8, 4) is 0 Å². The molecule has 0 aromatic carbocycles. The lowest BCUT2D eigenvalue weighted by Gasteiger charge is -2.33. The van der Waals surface area contributed by atoms with Crippen LogP contribution in [0.1, 0.15) is 38.9 Å². The van der Waals surface area contributed by atoms with E-state index in [4.69, 9.17) is 4.42 Å². The molecule has 0 saturated carbocycles. The van der Waals surface area contributed by atoms with Gasteiger partial charge in [-0.25, -0.2) is 0 Å². The first-order valence-corrected chi connectivity index (χ1v) is 7.14. The highest BCUT2D eigenvalue weighted by Gasteiger charge is 2.34. The standard InChI is InChI=1S/C15H24N2O2/c1-12(5-6-13-4-3-11-19-13)17-14(18)15(2)7-9-16-10-8-15/h3-4,11-12,16H,5-10H2,1-2H3,(H,17,18). The summed E-state index contributed by atoms with van der Waals surface area (Å²) < 4.78 is 5.30. The monoisotopic (exact) mass is 264 g/mol. The summed E-state index contributed by atoms with van der Waals surface area (Å²) in [7, 11) is 0. The van der Waals surface area contributed by atoms with Crippen molar-refractivity contribution >= 4 is 5.91 Å². The first kappa shape index (κ1) is 14.1. The van der Waals surface area contributed by atoms with Gasteiger partial charge >= 0.3 is 0 Å². The highest BCUT2D eigenvalue weighted by atomic mass is 16.3. The summed E-state index contributed by atoms with van der Waals surface area (Å²) in [6.07, 6.45) is 5.31. The lowest BCUT2D eigenvalue weighted by atomic mass is 9.80. The lowest BCUT2D eigenvalue weighted by molar-refractivity contribution is -0.132. The predicted molar refractivity (Wildman–Crippen MR) is 74.8 cm³/mol. The Morgan fingerprint density at radius 1 is 1.53 bits per heavy atom. The maximum atomic E-state index is 12.3. The molecule has 1 atom stereocenters. The Bertz CT molecular complexity index is 394. The summed E-state index contributed by atoms with van der Waals surface area (Å²) in [6.45, 7) is 6.00. The largest absolute Gasteiger partial charge is 0.469 e. The molecule has 1 aromatic rings. The Kier molecular flexibility index (Phi) is 4.64. The van der Waals surface area contributed by atoms with Gasteiger partial charge in [0, 0.05) is 17.9 Å². The van der Waals surface area contributed by atoms with Gasteiger partial charge in [-0.1, -0.05) is 6.92 Å². The van der Waals surface area contributed by atoms with E-state index in [1.54, 1.807) is 6.26 Å². The third-order valence-electron chi connectivity index (χ3n) is 4.04. The van der Waals surface area contributed by atoms with Gasteiger partial charge in [-0.15, -0.1) is 0 Å². The van der Waals surface area contributed by atoms with Crippen LogP contribution in [0.15, 0.2) is 22.8 Å². The molecule has 19 heavy (non-hydrogen) atoms. The van der Waals surface area contributed by atoms with Gasteiger partial charge in [0.1, 0.15) is 5.76 Å². The van der Waals surface area contributed by atoms with Gasteiger partial charge in [-0.05, 0) is 51.4 Å². The van der Waals surface area contributed by atoms with Gasteiger partial charge in [0.25, 0.3) is 0 Å². The summed E-state index contributed by atoms with van der Waals surface area (Å²) >= 11 is 0. The second-order valence-corrected chi connectivity index (χ2v) is 5.80. The molecular weight excluding hydrogens is 240 g/mol. The first-order valence-electron chi connectivity index (χ1n) is 7.14. The van der Waals surface area contributed by atoms with Crippen LogP contribution in [0.3, 0.4) is 0 Å². The number of nitrogens with one attached hydrogen (secondary N) is 2. The number of amides is 1. The zero-order valence-electron chi connectivity index (χ0n) is 11.9. The summed E-state index contributed by atoms with van der Waals surface area (Å²) in [5, 5.41) is 6.44. The number of hydrogen-bond donors (Lipinski definition) is 2. The number of hydrogen-bond acceptors (Lipinski definition) is 3. The third kappa shape index (κ3) is 3.83. The van der Waals surface area contributed by atoms with Crippen LogP contribution in [0, 0.1) is 5.41 Å². The number of rotatable bonds is 5. The number of aryl methyl sites for hydroxylation is 1. The second-order valence-electron chi connectivity index (χ2n) is 5.80. The first-order chi connectivity index (χ1) is 9.10. The summed E-state index contributed by atoms with van der Waals surface area (Å²) in [5.74, 6) is 1.18. The fraction of sp³-hybridized carbons (Fsp3) is 0.667. The third-order valence-corrected chi connectivity index (χ3v) is 4.04. The molecule has 1 aliphatic heterocycles. The molecule has 1 fully saturated rings. The van der Waals surface area contributed by atoms with Crippen LogP contribution < -0.4 is 10.6 Å². The van der Waals surface area contributed by atoms with Gasteiger partial charge in [0.05, 0.1) is 6.26 Å². The molecule has 1 aliphatic rings. The molecule has 0 radical (unpaired) electrons. The van der Waals surface area contributed by atoms with Crippen LogP contribution in [0.4, 0.5) is 0 Å². The minimum atomic E-state index is -0.204. The molecule has 0 spiro atoms. The highest BCUT2D eigenvalue weighted by Crippen LogP contribution is 2.28. The van der Waals surface area contributed by atoms with Crippen molar-refractivity contribution in [2.45, 2.75) is 45.6 Å². The molecule has 0 bridgehead atoms. The SMILES string of the molecule is CC(CCc1ccco1)NC(=O)C1(C)CCNCC1. The van der Waals surface area contributed by atoms with Gasteiger partial charge in [-0.2, -0.15) is 0 Å². The maximum Gasteiger partial charge on any atom is 0.226 e. The molecular formula is C15H24N2O2. The van der Waals surface area contributed by atoms with Crippen molar-refractivity contribution in [2.24, 2.45) is 5.41 Å². The van der Waals surface area contributed by atoms with Crippen LogP contribution in [-0.4, -0.2) is 25.0 Å². The molecule has 1 saturated heterocycles. The summed E-state index contributed by atoms with van der Waals surface area (Å²) in [6, 6.07) is 4.06. The van der Waals surface area contributed by atoms with E-state index in [0.29, 0.717) is 0 Å². The van der Waals surface area contributed by atoms with E-state index in [-0.39, 0.29) is 17.4 Å². The van der Waals surface area contributed by atoms with Gasteiger partial charge in [0.15, 0.2) is 0 Å². The molecule has 106 valence electrons. The van der Waals surface area contributed by atoms with E-state index < -0.39 is 0 Å². The predicted octanol–water partition coefficient (Wildman–Crippen LogP) is 2.11. The Balaban J connectivity index is 1.77. The van der Waals surface area contributed by atoms with Crippen molar-refractivity contribution < 1.29 is 9.21 Å². The zero-order valence-corrected chi connectivity index (χ0v) is 11.9. The van der Waals surface area contributed by atoms with Crippen molar-refractivity contribution in [1.82, 2.24) is 10.6 Å². The van der Waals surface area contributed by atoms with E-state index in [0.717, 1.165) is 44.5 Å². The van der Waals surface area contributed by atoms with Crippen molar-refractivity contribution in [1.29, 1.82) is 0 Å². The Hall–Kier alpha value is -1.29. The summed E-state index contributed by atoms with van der Waals surface area (Å²) in [4.78, 5) is 12.3. The molecule has 1 unspecified atom stereocenters. The van der Waals surface area contributed by atoms with Crippen molar-refractivity contribution in [2.75, 3.05) is 13.1 Å². The minimum Gasteiger partial charge on any atom is -0.469 e. The number of furan rings is 1. The topological polar surface area (TPSA) is 54.3 Å². The van der Waals surface area contributed by atoms with Crippen LogP contribution in [-0.2, 0) is 11.2 Å². The quantitative estimate of drug-likeness (QED) is 0.856. The molecule has 4 heteroatoms. The number of carbonyl (C=O) groups is 1. The molecule has 2 rings (SSSR count). The normalized spacial score (nSPS) is 19.9. The fourth-order valence-corrected chi connectivity index (χ4v) is 2.49. The molecule has 2 heterocycles. The zero-order chi connectivity index (χ0) is 13.7. The van der Waals surface area contributed by atoms with E-state index >= 15 is 0 Å². The average Bonchev–Trinajstić information content (AvgIpc) is 2.90. The molecule has 1 aromatic heterocycles. The average molecular weight is 264 g/mol. The van der Waals surface area contributed by atoms with Crippen molar-refractivity contribution in [3.05, 3.63) is 24.2 Å². The van der Waals surface area contributed by atoms with Crippen LogP contribution in [0.5, 0.6) is 0 Å². The van der Waals surface area contributed by atoms with E-state index in [1.165, 1.54) is 0 Å². The van der Waals surface area contributed by atoms with E-state index in [1.807, 2.05) is 12.1 Å². The smallest absolute Gasteiger partial charge is 0.226 e. The van der Waals surface area contributed by atoms with Crippen molar-refractivity contribution in [3.63, 3.8) is 0 Å².